The van der Waals surface area contributed by atoms with Crippen molar-refractivity contribution < 1.29 is 14.3 Å². The van der Waals surface area contributed by atoms with Gasteiger partial charge in [-0.25, -0.2) is 14.8 Å². The van der Waals surface area contributed by atoms with Crippen molar-refractivity contribution in [2.24, 2.45) is 4.99 Å². The van der Waals surface area contributed by atoms with Crippen LogP contribution in [0.5, 0.6) is 5.75 Å². The van der Waals surface area contributed by atoms with E-state index in [4.69, 9.17) is 9.47 Å². The number of ether oxygens (including phenoxy) is 2. The van der Waals surface area contributed by atoms with Gasteiger partial charge in [-0.05, 0) is 57.0 Å². The Bertz CT molecular complexity index is 907. The predicted octanol–water partition coefficient (Wildman–Crippen LogP) is 4.58. The fourth-order valence-corrected chi connectivity index (χ4v) is 3.07. The highest BCUT2D eigenvalue weighted by molar-refractivity contribution is 5.69. The van der Waals surface area contributed by atoms with Crippen molar-refractivity contribution in [3.63, 3.8) is 0 Å². The second-order valence-electron chi connectivity index (χ2n) is 9.08. The third-order valence-electron chi connectivity index (χ3n) is 4.68. The molecule has 0 N–H and O–H groups in total. The number of aliphatic imine (C=N–C) groups is 1. The van der Waals surface area contributed by atoms with Gasteiger partial charge < -0.3 is 24.2 Å². The van der Waals surface area contributed by atoms with Crippen molar-refractivity contribution in [2.75, 3.05) is 46.2 Å². The first-order valence-electron chi connectivity index (χ1n) is 11.1. The molecule has 2 aromatic rings. The van der Waals surface area contributed by atoms with Crippen LogP contribution >= 0.6 is 0 Å². The summed E-state index contributed by atoms with van der Waals surface area (Å²) in [6.45, 7) is 7.57. The zero-order valence-corrected chi connectivity index (χ0v) is 20.9. The highest BCUT2D eigenvalue weighted by Gasteiger charge is 2.20. The first kappa shape index (κ1) is 26.0. The summed E-state index contributed by atoms with van der Waals surface area (Å²) in [5.74, 6) is 1.47. The maximum Gasteiger partial charge on any atom is 0.410 e. The second kappa shape index (κ2) is 12.1. The molecule has 0 aliphatic heterocycles. The molecule has 0 fully saturated rings. The Labute approximate surface area is 197 Å². The zero-order chi connectivity index (χ0) is 24.4. The fraction of sp³-hybridized carbons (Fsp3) is 0.480. The molecule has 1 aromatic heterocycles. The highest BCUT2D eigenvalue weighted by Crippen LogP contribution is 2.28. The molecule has 8 heteroatoms. The fourth-order valence-electron chi connectivity index (χ4n) is 3.07. The number of carbonyl (C=O) groups excluding carboxylic acids is 1. The number of rotatable bonds is 10. The van der Waals surface area contributed by atoms with Crippen LogP contribution in [0.1, 0.15) is 32.8 Å². The molecule has 0 radical (unpaired) electrons. The van der Waals surface area contributed by atoms with Gasteiger partial charge in [-0.2, -0.15) is 0 Å². The van der Waals surface area contributed by atoms with Gasteiger partial charge in [0.15, 0.2) is 5.82 Å². The Kier molecular flexibility index (Phi) is 9.51. The van der Waals surface area contributed by atoms with Gasteiger partial charge in [0.2, 0.25) is 0 Å². The summed E-state index contributed by atoms with van der Waals surface area (Å²) >= 11 is 0. The van der Waals surface area contributed by atoms with Crippen LogP contribution in [0, 0.1) is 0 Å². The summed E-state index contributed by atoms with van der Waals surface area (Å²) < 4.78 is 10.7. The number of carbonyl (C=O) groups is 1. The Morgan fingerprint density at radius 3 is 2.39 bits per heavy atom. The molecular weight excluding hydrogens is 418 g/mol. The van der Waals surface area contributed by atoms with E-state index in [9.17, 15) is 4.79 Å². The summed E-state index contributed by atoms with van der Waals surface area (Å²) in [6, 6.07) is 12.0. The van der Waals surface area contributed by atoms with Gasteiger partial charge in [0.1, 0.15) is 11.4 Å². The monoisotopic (exact) mass is 455 g/mol. The van der Waals surface area contributed by atoms with Crippen molar-refractivity contribution in [2.45, 2.75) is 39.3 Å². The molecule has 0 aliphatic carbocycles. The summed E-state index contributed by atoms with van der Waals surface area (Å²) in [5, 5.41) is 0. The number of hydrogen-bond donors (Lipinski definition) is 0. The number of amides is 1. The first-order valence-corrected chi connectivity index (χ1v) is 11.1. The van der Waals surface area contributed by atoms with Gasteiger partial charge in [0.05, 0.1) is 19.1 Å². The lowest BCUT2D eigenvalue weighted by molar-refractivity contribution is 0.0298. The van der Waals surface area contributed by atoms with Crippen LogP contribution in [0.15, 0.2) is 47.6 Å². The van der Waals surface area contributed by atoms with Gasteiger partial charge in [-0.15, -0.1) is 0 Å². The first-order chi connectivity index (χ1) is 15.6. The molecule has 0 aliphatic rings. The lowest BCUT2D eigenvalue weighted by atomic mass is 10.2. The van der Waals surface area contributed by atoms with Crippen LogP contribution in [0.25, 0.3) is 0 Å². The number of hydrogen-bond acceptors (Lipinski definition) is 6. The molecular formula is C25H37N5O3. The SMILES string of the molecule is COc1ccc(CN(CCCN(C)C(=O)OC(C)(C)C)c2cccnc2/N=C/N(C)C)cc1. The van der Waals surface area contributed by atoms with E-state index >= 15 is 0 Å². The quantitative estimate of drug-likeness (QED) is 0.386. The molecule has 0 unspecified atom stereocenters. The van der Waals surface area contributed by atoms with Gasteiger partial charge in [-0.3, -0.25) is 0 Å². The summed E-state index contributed by atoms with van der Waals surface area (Å²) in [7, 11) is 7.27. The van der Waals surface area contributed by atoms with Crippen molar-refractivity contribution in [1.29, 1.82) is 0 Å². The molecule has 1 aromatic carbocycles. The molecule has 8 nitrogen and oxygen atoms in total. The van der Waals surface area contributed by atoms with Gasteiger partial charge in [-0.1, -0.05) is 12.1 Å². The van der Waals surface area contributed by atoms with Crippen LogP contribution < -0.4 is 9.64 Å². The molecule has 0 spiro atoms. The second-order valence-corrected chi connectivity index (χ2v) is 9.08. The predicted molar refractivity (Wildman–Crippen MR) is 134 cm³/mol. The van der Waals surface area contributed by atoms with Crippen molar-refractivity contribution in [3.05, 3.63) is 48.2 Å². The number of nitrogens with zero attached hydrogens (tertiary/aromatic N) is 5. The molecule has 0 atom stereocenters. The minimum atomic E-state index is -0.513. The van der Waals surface area contributed by atoms with Crippen molar-refractivity contribution >= 4 is 23.9 Å². The average molecular weight is 456 g/mol. The van der Waals surface area contributed by atoms with E-state index in [1.807, 2.05) is 64.0 Å². The Balaban J connectivity index is 2.18. The van der Waals surface area contributed by atoms with E-state index in [0.717, 1.165) is 30.0 Å². The lowest BCUT2D eigenvalue weighted by Gasteiger charge is -2.28. The maximum atomic E-state index is 12.3. The van der Waals surface area contributed by atoms with Gasteiger partial charge in [0, 0.05) is 47.0 Å². The number of methoxy groups -OCH3 is 1. The minimum absolute atomic E-state index is 0.318. The average Bonchev–Trinajstić information content (AvgIpc) is 2.76. The van der Waals surface area contributed by atoms with Crippen LogP contribution in [0.4, 0.5) is 16.3 Å². The zero-order valence-electron chi connectivity index (χ0n) is 20.9. The van der Waals surface area contributed by atoms with Crippen LogP contribution in [-0.4, -0.2) is 74.2 Å². The number of benzene rings is 1. The minimum Gasteiger partial charge on any atom is -0.497 e. The Hall–Kier alpha value is -3.29. The van der Waals surface area contributed by atoms with Crippen LogP contribution in [0.3, 0.4) is 0 Å². The Morgan fingerprint density at radius 2 is 1.79 bits per heavy atom. The van der Waals surface area contributed by atoms with Crippen LogP contribution in [-0.2, 0) is 11.3 Å². The maximum absolute atomic E-state index is 12.3. The smallest absolute Gasteiger partial charge is 0.410 e. The molecule has 180 valence electrons. The van der Waals surface area contributed by atoms with Crippen molar-refractivity contribution in [1.82, 2.24) is 14.8 Å². The molecule has 0 saturated heterocycles. The summed E-state index contributed by atoms with van der Waals surface area (Å²) in [5.41, 5.74) is 1.56. The Morgan fingerprint density at radius 1 is 1.09 bits per heavy atom. The number of aromatic nitrogens is 1. The molecule has 2 rings (SSSR count). The van der Waals surface area contributed by atoms with E-state index in [1.165, 1.54) is 0 Å². The van der Waals surface area contributed by atoms with E-state index < -0.39 is 5.60 Å². The van der Waals surface area contributed by atoms with E-state index in [1.54, 1.807) is 31.6 Å². The molecule has 0 bridgehead atoms. The normalized spacial score (nSPS) is 11.4. The van der Waals surface area contributed by atoms with Gasteiger partial charge >= 0.3 is 6.09 Å². The van der Waals surface area contributed by atoms with Crippen molar-refractivity contribution in [3.8, 4) is 5.75 Å². The standard InChI is InChI=1S/C25H37N5O3/c1-25(2,3)33-24(31)29(6)16-9-17-30(18-20-11-13-21(32-7)14-12-20)22-10-8-15-26-23(22)27-19-28(4)5/h8,10-15,19H,9,16-18H2,1-7H3/b27-19+. The van der Waals surface area contributed by atoms with Crippen LogP contribution in [0.2, 0.25) is 0 Å². The third kappa shape index (κ3) is 9.00. The molecule has 1 amide bonds. The van der Waals surface area contributed by atoms with Gasteiger partial charge in [0.25, 0.3) is 0 Å². The van der Waals surface area contributed by atoms with E-state index in [2.05, 4.69) is 27.0 Å². The molecule has 33 heavy (non-hydrogen) atoms. The largest absolute Gasteiger partial charge is 0.497 e. The topological polar surface area (TPSA) is 70.5 Å². The van der Waals surface area contributed by atoms with E-state index in [-0.39, 0.29) is 6.09 Å². The number of pyridine rings is 1. The third-order valence-corrected chi connectivity index (χ3v) is 4.68. The lowest BCUT2D eigenvalue weighted by Crippen LogP contribution is -2.36. The number of anilines is 1. The molecule has 1 heterocycles. The highest BCUT2D eigenvalue weighted by atomic mass is 16.6. The van der Waals surface area contributed by atoms with E-state index in [0.29, 0.717) is 18.9 Å². The summed E-state index contributed by atoms with van der Waals surface area (Å²) in [4.78, 5) is 27.1. The molecule has 0 saturated carbocycles. The summed E-state index contributed by atoms with van der Waals surface area (Å²) in [6.07, 6.45) is 3.93.